The SMILES string of the molecule is CC(CCc1ccccc1)NC(=O)c1c(N)n(N=Cc2cccc(Cl)c2)c2nc3ccccc3nc12. The summed E-state index contributed by atoms with van der Waals surface area (Å²) in [5, 5.41) is 8.21. The van der Waals surface area contributed by atoms with Gasteiger partial charge in [-0.15, -0.1) is 0 Å². The van der Waals surface area contributed by atoms with Crippen LogP contribution in [-0.4, -0.2) is 32.8 Å². The molecular formula is C28H25ClN6O. The standard InChI is InChI=1S/C28H25ClN6O/c1-18(14-15-19-8-3-2-4-9-19)32-28(36)24-25-27(34-23-13-6-5-12-22(23)33-25)35(26(24)30)31-17-20-10-7-11-21(29)16-20/h2-13,16-18H,14-15,30H2,1H3,(H,32,36). The van der Waals surface area contributed by atoms with Crippen molar-refractivity contribution in [3.8, 4) is 0 Å². The summed E-state index contributed by atoms with van der Waals surface area (Å²) in [4.78, 5) is 22.9. The number of aromatic nitrogens is 3. The molecule has 8 heteroatoms. The molecule has 5 rings (SSSR count). The fraction of sp³-hybridized carbons (Fsp3) is 0.143. The topological polar surface area (TPSA) is 98.2 Å². The number of hydrogen-bond donors (Lipinski definition) is 2. The second kappa shape index (κ2) is 10.2. The molecule has 0 fully saturated rings. The number of nitrogens with zero attached hydrogens (tertiary/aromatic N) is 4. The number of amides is 1. The largest absolute Gasteiger partial charge is 0.383 e. The van der Waals surface area contributed by atoms with Crippen molar-refractivity contribution in [1.29, 1.82) is 0 Å². The third-order valence-electron chi connectivity index (χ3n) is 5.96. The van der Waals surface area contributed by atoms with E-state index in [0.717, 1.165) is 18.4 Å². The lowest BCUT2D eigenvalue weighted by Crippen LogP contribution is -2.33. The van der Waals surface area contributed by atoms with Gasteiger partial charge in [0.05, 0.1) is 17.2 Å². The molecule has 0 aliphatic rings. The van der Waals surface area contributed by atoms with Crippen LogP contribution in [0.4, 0.5) is 5.82 Å². The summed E-state index contributed by atoms with van der Waals surface area (Å²) in [5.41, 5.74) is 10.9. The number of carbonyl (C=O) groups excluding carboxylic acids is 1. The van der Waals surface area contributed by atoms with Crippen LogP contribution in [0, 0.1) is 0 Å². The number of nitrogens with one attached hydrogen (secondary N) is 1. The number of para-hydroxylation sites is 2. The summed E-state index contributed by atoms with van der Waals surface area (Å²) >= 11 is 6.11. The van der Waals surface area contributed by atoms with Gasteiger partial charge in [-0.05, 0) is 55.2 Å². The van der Waals surface area contributed by atoms with Crippen molar-refractivity contribution < 1.29 is 4.79 Å². The Labute approximate surface area is 213 Å². The van der Waals surface area contributed by atoms with E-state index in [1.54, 1.807) is 18.3 Å². The highest BCUT2D eigenvalue weighted by Crippen LogP contribution is 2.28. The highest BCUT2D eigenvalue weighted by molar-refractivity contribution is 6.30. The second-order valence-corrected chi connectivity index (χ2v) is 9.09. The lowest BCUT2D eigenvalue weighted by molar-refractivity contribution is 0.0940. The average Bonchev–Trinajstić information content (AvgIpc) is 3.15. The smallest absolute Gasteiger partial charge is 0.257 e. The average molecular weight is 497 g/mol. The molecule has 1 unspecified atom stereocenters. The molecule has 36 heavy (non-hydrogen) atoms. The van der Waals surface area contributed by atoms with Gasteiger partial charge in [0, 0.05) is 11.1 Å². The summed E-state index contributed by atoms with van der Waals surface area (Å²) in [7, 11) is 0. The highest BCUT2D eigenvalue weighted by atomic mass is 35.5. The zero-order valence-corrected chi connectivity index (χ0v) is 20.5. The number of rotatable bonds is 7. The van der Waals surface area contributed by atoms with Crippen LogP contribution in [-0.2, 0) is 6.42 Å². The first kappa shape index (κ1) is 23.5. The van der Waals surface area contributed by atoms with Gasteiger partial charge in [0.25, 0.3) is 5.91 Å². The molecule has 5 aromatic rings. The van der Waals surface area contributed by atoms with Crippen molar-refractivity contribution in [2.45, 2.75) is 25.8 Å². The maximum absolute atomic E-state index is 13.4. The fourth-order valence-electron chi connectivity index (χ4n) is 4.10. The number of halogens is 1. The van der Waals surface area contributed by atoms with Gasteiger partial charge >= 0.3 is 0 Å². The van der Waals surface area contributed by atoms with Crippen LogP contribution in [0.1, 0.15) is 34.8 Å². The van der Waals surface area contributed by atoms with Crippen molar-refractivity contribution in [2.75, 3.05) is 5.73 Å². The lowest BCUT2D eigenvalue weighted by atomic mass is 10.1. The van der Waals surface area contributed by atoms with E-state index in [-0.39, 0.29) is 23.3 Å². The number of nitrogens with two attached hydrogens (primary N) is 1. The zero-order chi connectivity index (χ0) is 25.1. The number of aryl methyl sites for hydroxylation is 1. The van der Waals surface area contributed by atoms with Crippen molar-refractivity contribution in [3.63, 3.8) is 0 Å². The Balaban J connectivity index is 1.50. The molecule has 1 amide bonds. The minimum atomic E-state index is -0.306. The van der Waals surface area contributed by atoms with Gasteiger partial charge in [0.1, 0.15) is 16.9 Å². The summed E-state index contributed by atoms with van der Waals surface area (Å²) in [6.07, 6.45) is 3.27. The highest BCUT2D eigenvalue weighted by Gasteiger charge is 2.25. The molecule has 0 spiro atoms. The Kier molecular flexibility index (Phi) is 6.64. The minimum Gasteiger partial charge on any atom is -0.383 e. The zero-order valence-electron chi connectivity index (χ0n) is 19.7. The van der Waals surface area contributed by atoms with Gasteiger partial charge in [-0.3, -0.25) is 4.79 Å². The van der Waals surface area contributed by atoms with E-state index in [9.17, 15) is 4.79 Å². The van der Waals surface area contributed by atoms with E-state index in [4.69, 9.17) is 27.3 Å². The molecular weight excluding hydrogens is 472 g/mol. The van der Waals surface area contributed by atoms with Gasteiger partial charge < -0.3 is 11.1 Å². The predicted molar refractivity (Wildman–Crippen MR) is 146 cm³/mol. The molecule has 3 aromatic carbocycles. The van der Waals surface area contributed by atoms with Crippen molar-refractivity contribution in [1.82, 2.24) is 20.0 Å². The molecule has 3 N–H and O–H groups in total. The molecule has 2 aromatic heterocycles. The number of fused-ring (bicyclic) bond motifs is 2. The van der Waals surface area contributed by atoms with Crippen LogP contribution < -0.4 is 11.1 Å². The van der Waals surface area contributed by atoms with Gasteiger partial charge in [-0.2, -0.15) is 9.78 Å². The van der Waals surface area contributed by atoms with Crippen LogP contribution in [0.2, 0.25) is 5.02 Å². The molecule has 0 aliphatic carbocycles. The van der Waals surface area contributed by atoms with Crippen molar-refractivity contribution >= 4 is 51.7 Å². The first-order valence-corrected chi connectivity index (χ1v) is 12.1. The molecule has 0 aliphatic heterocycles. The number of anilines is 1. The van der Waals surface area contributed by atoms with Crippen LogP contribution in [0.5, 0.6) is 0 Å². The van der Waals surface area contributed by atoms with Gasteiger partial charge in [-0.25, -0.2) is 9.97 Å². The van der Waals surface area contributed by atoms with E-state index < -0.39 is 0 Å². The number of hydrogen-bond acceptors (Lipinski definition) is 5. The van der Waals surface area contributed by atoms with Crippen LogP contribution >= 0.6 is 11.6 Å². The Hall–Kier alpha value is -4.23. The third kappa shape index (κ3) is 4.92. The van der Waals surface area contributed by atoms with Gasteiger partial charge in [-0.1, -0.05) is 66.2 Å². The van der Waals surface area contributed by atoms with Crippen LogP contribution in [0.25, 0.3) is 22.2 Å². The first-order valence-electron chi connectivity index (χ1n) is 11.7. The lowest BCUT2D eigenvalue weighted by Gasteiger charge is -2.14. The summed E-state index contributed by atoms with van der Waals surface area (Å²) in [6, 6.07) is 24.9. The maximum atomic E-state index is 13.4. The molecule has 0 saturated heterocycles. The Morgan fingerprint density at radius 2 is 1.78 bits per heavy atom. The Morgan fingerprint density at radius 3 is 2.53 bits per heavy atom. The van der Waals surface area contributed by atoms with E-state index in [1.807, 2.05) is 61.5 Å². The van der Waals surface area contributed by atoms with E-state index in [2.05, 4.69) is 22.6 Å². The third-order valence-corrected chi connectivity index (χ3v) is 6.19. The van der Waals surface area contributed by atoms with E-state index in [0.29, 0.717) is 27.2 Å². The number of nitrogen functional groups attached to an aromatic ring is 1. The number of benzene rings is 3. The fourth-order valence-corrected chi connectivity index (χ4v) is 4.29. The summed E-state index contributed by atoms with van der Waals surface area (Å²) in [5.74, 6) is -0.134. The molecule has 7 nitrogen and oxygen atoms in total. The van der Waals surface area contributed by atoms with Crippen LogP contribution in [0.15, 0.2) is 84.0 Å². The summed E-state index contributed by atoms with van der Waals surface area (Å²) in [6.45, 7) is 1.98. The van der Waals surface area contributed by atoms with E-state index in [1.165, 1.54) is 10.2 Å². The molecule has 2 heterocycles. The normalized spacial score (nSPS) is 12.4. The Morgan fingerprint density at radius 1 is 1.06 bits per heavy atom. The molecule has 1 atom stereocenters. The van der Waals surface area contributed by atoms with Crippen molar-refractivity contribution in [3.05, 3.63) is 101 Å². The van der Waals surface area contributed by atoms with Gasteiger partial charge in [0.15, 0.2) is 5.65 Å². The van der Waals surface area contributed by atoms with Gasteiger partial charge in [0.2, 0.25) is 0 Å². The number of carbonyl (C=O) groups is 1. The minimum absolute atomic E-state index is 0.0705. The predicted octanol–water partition coefficient (Wildman–Crippen LogP) is 5.45. The molecule has 180 valence electrons. The Bertz CT molecular complexity index is 1580. The molecule has 0 radical (unpaired) electrons. The van der Waals surface area contributed by atoms with Crippen LogP contribution in [0.3, 0.4) is 0 Å². The quantitative estimate of drug-likeness (QED) is 0.292. The first-order chi connectivity index (χ1) is 17.5. The summed E-state index contributed by atoms with van der Waals surface area (Å²) < 4.78 is 1.46. The van der Waals surface area contributed by atoms with Crippen molar-refractivity contribution in [2.24, 2.45) is 5.10 Å². The second-order valence-electron chi connectivity index (χ2n) is 8.65. The molecule has 0 saturated carbocycles. The molecule has 0 bridgehead atoms. The monoisotopic (exact) mass is 496 g/mol. The maximum Gasteiger partial charge on any atom is 0.257 e. The van der Waals surface area contributed by atoms with E-state index >= 15 is 0 Å².